The summed E-state index contributed by atoms with van der Waals surface area (Å²) in [7, 11) is 0. The van der Waals surface area contributed by atoms with Crippen molar-refractivity contribution in [1.82, 2.24) is 29.9 Å². The fraction of sp³-hybridized carbons (Fsp3) is 0.0408. The fourth-order valence-corrected chi connectivity index (χ4v) is 15.6. The molecule has 6 nitrogen and oxygen atoms in total. The molecule has 0 radical (unpaired) electrons. The van der Waals surface area contributed by atoms with Crippen molar-refractivity contribution < 1.29 is 0 Å². The highest BCUT2D eigenvalue weighted by atomic mass is 15.0. The lowest BCUT2D eigenvalue weighted by Gasteiger charge is -2.34. The summed E-state index contributed by atoms with van der Waals surface area (Å²) in [5, 5.41) is 2.58. The average Bonchev–Trinajstić information content (AvgIpc) is 1.53. The molecular weight excluding hydrogens is 1260 g/mol. The van der Waals surface area contributed by atoms with Gasteiger partial charge in [0.2, 0.25) is 0 Å². The topological polar surface area (TPSA) is 77.3 Å². The molecule has 17 aromatic rings. The van der Waals surface area contributed by atoms with Crippen molar-refractivity contribution in [1.29, 1.82) is 0 Å². The first-order chi connectivity index (χ1) is 51.3. The first kappa shape index (κ1) is 62.8. The Hall–Kier alpha value is -13.4. The maximum atomic E-state index is 4.92. The van der Waals surface area contributed by atoms with Gasteiger partial charge in [0.05, 0.1) is 5.41 Å². The third-order valence-corrected chi connectivity index (χ3v) is 20.8. The third kappa shape index (κ3) is 11.4. The van der Waals surface area contributed by atoms with Crippen molar-refractivity contribution in [3.05, 3.63) is 409 Å². The minimum absolute atomic E-state index is 0.0609. The number of benzene rings is 15. The van der Waals surface area contributed by atoms with Crippen LogP contribution in [0.4, 0.5) is 0 Å². The van der Waals surface area contributed by atoms with Crippen LogP contribution >= 0.6 is 0 Å². The van der Waals surface area contributed by atoms with Gasteiger partial charge in [-0.05, 0) is 123 Å². The standard InChI is InChI=1S/C52H35N3.C46H33N3/c1-5-16-39(17-6-1)49-53-50(40-18-7-2-8-19-40)55-51(54-49)41-34-30-37(31-35-41)36-28-32-38(33-29-36)44-25-15-27-47-48(44)45-24-13-14-26-46(45)52(47,42-20-9-3-10-21-42)43-22-11-4-12-23-43;1-46(2)40-19-11-18-38(42(40)39-28-36-16-9-10-17-37(36)29-41(39)46)32-24-20-30(21-25-32)31-22-26-35(27-23-31)45-48-43(33-12-5-3-6-13-33)47-44(49-45)34-14-7-4-8-15-34/h1-35H;3-29H,1-2H3. The van der Waals surface area contributed by atoms with Gasteiger partial charge >= 0.3 is 0 Å². The molecule has 0 saturated heterocycles. The molecule has 0 amide bonds. The van der Waals surface area contributed by atoms with Crippen molar-refractivity contribution in [3.63, 3.8) is 0 Å². The van der Waals surface area contributed by atoms with Gasteiger partial charge in [-0.15, -0.1) is 0 Å². The zero-order chi connectivity index (χ0) is 69.6. The first-order valence-corrected chi connectivity index (χ1v) is 35.5. The lowest BCUT2D eigenvalue weighted by atomic mass is 9.67. The van der Waals surface area contributed by atoms with E-state index in [0.29, 0.717) is 34.9 Å². The third-order valence-electron chi connectivity index (χ3n) is 20.8. The van der Waals surface area contributed by atoms with Crippen molar-refractivity contribution in [2.45, 2.75) is 24.7 Å². The minimum atomic E-state index is -0.422. The van der Waals surface area contributed by atoms with E-state index < -0.39 is 5.41 Å². The molecule has 0 aliphatic heterocycles. The largest absolute Gasteiger partial charge is 0.208 e. The SMILES string of the molecule is CC1(C)c2cc3ccccc3cc2-c2c(-c3ccc(-c4ccc(-c5nc(-c6ccccc6)nc(-c6ccccc6)n5)cc4)cc3)cccc21.c1ccc(-c2nc(-c3ccccc3)nc(-c3ccc(-c4ccc(-c5cccc6c5-c5ccccc5C6(c5ccccc5)c5ccccc5)cc4)cc3)n2)cc1. The van der Waals surface area contributed by atoms with Gasteiger partial charge < -0.3 is 0 Å². The van der Waals surface area contributed by atoms with Gasteiger partial charge in [0, 0.05) is 38.8 Å². The number of rotatable bonds is 12. The summed E-state index contributed by atoms with van der Waals surface area (Å²) >= 11 is 0. The summed E-state index contributed by atoms with van der Waals surface area (Å²) in [6.07, 6.45) is 0. The Kier molecular flexibility index (Phi) is 16.1. The highest BCUT2D eigenvalue weighted by Crippen LogP contribution is 2.59. The molecule has 2 aliphatic rings. The average molecular weight is 1330 g/mol. The monoisotopic (exact) mass is 1330 g/mol. The second-order valence-corrected chi connectivity index (χ2v) is 27.2. The van der Waals surface area contributed by atoms with Crippen molar-refractivity contribution >= 4 is 10.8 Å². The molecule has 0 N–H and O–H groups in total. The molecule has 2 aromatic heterocycles. The second-order valence-electron chi connectivity index (χ2n) is 27.2. The molecule has 0 saturated carbocycles. The van der Waals surface area contributed by atoms with Crippen LogP contribution in [0.5, 0.6) is 0 Å². The van der Waals surface area contributed by atoms with Gasteiger partial charge in [-0.1, -0.05) is 378 Å². The van der Waals surface area contributed by atoms with Gasteiger partial charge in [0.1, 0.15) is 0 Å². The fourth-order valence-electron chi connectivity index (χ4n) is 15.6. The van der Waals surface area contributed by atoms with Crippen LogP contribution in [0.3, 0.4) is 0 Å². The van der Waals surface area contributed by atoms with Crippen LogP contribution in [-0.4, -0.2) is 29.9 Å². The van der Waals surface area contributed by atoms with Crippen LogP contribution in [0.1, 0.15) is 47.2 Å². The minimum Gasteiger partial charge on any atom is -0.208 e. The zero-order valence-electron chi connectivity index (χ0n) is 57.5. The number of hydrogen-bond acceptors (Lipinski definition) is 6. The van der Waals surface area contributed by atoms with Crippen LogP contribution in [0.25, 0.3) is 146 Å². The van der Waals surface area contributed by atoms with Crippen LogP contribution in [0, 0.1) is 0 Å². The molecule has 0 unspecified atom stereocenters. The van der Waals surface area contributed by atoms with Crippen LogP contribution in [0.2, 0.25) is 0 Å². The predicted octanol–water partition coefficient (Wildman–Crippen LogP) is 24.2. The molecular formula is C98H68N6. The van der Waals surface area contributed by atoms with E-state index in [1.54, 1.807) is 0 Å². The zero-order valence-corrected chi connectivity index (χ0v) is 57.5. The summed E-state index contributed by atoms with van der Waals surface area (Å²) in [5.41, 5.74) is 28.0. The normalized spacial score (nSPS) is 12.7. The van der Waals surface area contributed by atoms with E-state index >= 15 is 0 Å². The molecule has 0 atom stereocenters. The summed E-state index contributed by atoms with van der Waals surface area (Å²) in [6, 6.07) is 133. The molecule has 0 fully saturated rings. The highest BCUT2D eigenvalue weighted by molar-refractivity contribution is 5.99. The van der Waals surface area contributed by atoms with Crippen molar-refractivity contribution in [3.8, 4) is 135 Å². The van der Waals surface area contributed by atoms with Crippen LogP contribution < -0.4 is 0 Å². The predicted molar refractivity (Wildman–Crippen MR) is 426 cm³/mol. The van der Waals surface area contributed by atoms with E-state index in [0.717, 1.165) is 50.1 Å². The maximum absolute atomic E-state index is 4.92. The summed E-state index contributed by atoms with van der Waals surface area (Å²) in [4.78, 5) is 29.3. The van der Waals surface area contributed by atoms with Gasteiger partial charge in [0.15, 0.2) is 34.9 Å². The Bertz CT molecular complexity index is 5840. The Morgan fingerprint density at radius 3 is 0.837 bits per heavy atom. The smallest absolute Gasteiger partial charge is 0.164 e. The van der Waals surface area contributed by atoms with E-state index in [-0.39, 0.29) is 5.41 Å². The number of aromatic nitrogens is 6. The molecule has 2 aliphatic carbocycles. The summed E-state index contributed by atoms with van der Waals surface area (Å²) in [5.74, 6) is 3.94. The van der Waals surface area contributed by atoms with Crippen LogP contribution in [-0.2, 0) is 10.8 Å². The van der Waals surface area contributed by atoms with Crippen molar-refractivity contribution in [2.75, 3.05) is 0 Å². The van der Waals surface area contributed by atoms with Gasteiger partial charge in [0.25, 0.3) is 0 Å². The molecule has 2 heterocycles. The Morgan fingerprint density at radius 1 is 0.183 bits per heavy atom. The van der Waals surface area contributed by atoms with E-state index in [2.05, 4.69) is 269 Å². The van der Waals surface area contributed by atoms with Crippen molar-refractivity contribution in [2.24, 2.45) is 0 Å². The first-order valence-electron chi connectivity index (χ1n) is 35.5. The van der Waals surface area contributed by atoms with Gasteiger partial charge in [-0.3, -0.25) is 0 Å². The number of fused-ring (bicyclic) bond motifs is 7. The molecule has 0 spiro atoms. The van der Waals surface area contributed by atoms with Gasteiger partial charge in [-0.25, -0.2) is 29.9 Å². The Morgan fingerprint density at radius 2 is 0.452 bits per heavy atom. The number of hydrogen-bond donors (Lipinski definition) is 0. The number of nitrogens with zero attached hydrogens (tertiary/aromatic N) is 6. The molecule has 0 bridgehead atoms. The maximum Gasteiger partial charge on any atom is 0.164 e. The van der Waals surface area contributed by atoms with E-state index in [4.69, 9.17) is 29.9 Å². The van der Waals surface area contributed by atoms with E-state index in [1.165, 1.54) is 94.2 Å². The molecule has 19 rings (SSSR count). The summed E-state index contributed by atoms with van der Waals surface area (Å²) in [6.45, 7) is 4.70. The van der Waals surface area contributed by atoms with Crippen LogP contribution in [0.15, 0.2) is 376 Å². The van der Waals surface area contributed by atoms with E-state index in [1.807, 2.05) is 121 Å². The van der Waals surface area contributed by atoms with Gasteiger partial charge in [-0.2, -0.15) is 0 Å². The summed E-state index contributed by atoms with van der Waals surface area (Å²) < 4.78 is 0. The quantitative estimate of drug-likeness (QED) is 0.121. The molecule has 490 valence electrons. The molecule has 15 aromatic carbocycles. The lowest BCUT2D eigenvalue weighted by molar-refractivity contribution is 0.661. The molecule has 104 heavy (non-hydrogen) atoms. The molecule has 6 heteroatoms. The highest BCUT2D eigenvalue weighted by Gasteiger charge is 2.47. The Labute approximate surface area is 606 Å². The Balaban J connectivity index is 0.000000149. The second kappa shape index (κ2) is 26.6. The van der Waals surface area contributed by atoms with E-state index in [9.17, 15) is 0 Å². The lowest BCUT2D eigenvalue weighted by Crippen LogP contribution is -2.28.